The fourth-order valence-electron chi connectivity index (χ4n) is 2.78. The van der Waals surface area contributed by atoms with Crippen LogP contribution in [0.4, 0.5) is 11.4 Å². The van der Waals surface area contributed by atoms with Crippen molar-refractivity contribution < 1.29 is 21.6 Å². The predicted octanol–water partition coefficient (Wildman–Crippen LogP) is 1.42. The van der Waals surface area contributed by atoms with E-state index < -0.39 is 20.0 Å². The molecule has 2 aromatic rings. The Morgan fingerprint density at radius 1 is 0.889 bits per heavy atom. The zero-order chi connectivity index (χ0) is 19.2. The van der Waals surface area contributed by atoms with E-state index >= 15 is 0 Å². The highest BCUT2D eigenvalue weighted by Gasteiger charge is 2.28. The van der Waals surface area contributed by atoms with Crippen molar-refractivity contribution in [3.63, 3.8) is 0 Å². The van der Waals surface area contributed by atoms with Gasteiger partial charge in [0.05, 0.1) is 16.2 Å². The van der Waals surface area contributed by atoms with Crippen LogP contribution in [-0.4, -0.2) is 28.8 Å². The van der Waals surface area contributed by atoms with Crippen LogP contribution in [0.3, 0.4) is 0 Å². The number of carbonyl (C=O) groups is 1. The highest BCUT2D eigenvalue weighted by atomic mass is 32.2. The topological polar surface area (TPSA) is 121 Å². The maximum absolute atomic E-state index is 12.6. The van der Waals surface area contributed by atoms with E-state index in [1.165, 1.54) is 36.4 Å². The number of carbonyl (C=O) groups excluding carboxylic acids is 1. The molecule has 0 bridgehead atoms. The average Bonchev–Trinajstić information content (AvgIpc) is 3.31. The third-order valence-electron chi connectivity index (χ3n) is 4.33. The van der Waals surface area contributed by atoms with Crippen molar-refractivity contribution in [1.29, 1.82) is 0 Å². The molecule has 1 aliphatic heterocycles. The Labute approximate surface area is 157 Å². The van der Waals surface area contributed by atoms with Crippen LogP contribution in [0.1, 0.15) is 18.4 Å². The standard InChI is InChI=1S/C17H17N3O5S2/c21-17-10-11-9-15(7-8-16(11)18-17)27(24,25)20-13-3-5-14(6-4-13)26(22,23)19-12-1-2-12/h3-9,12,19-20H,1-2,10H2,(H,18,21). The number of anilines is 2. The van der Waals surface area contributed by atoms with E-state index in [2.05, 4.69) is 14.8 Å². The van der Waals surface area contributed by atoms with E-state index in [0.29, 0.717) is 11.3 Å². The lowest BCUT2D eigenvalue weighted by Crippen LogP contribution is -2.25. The first-order chi connectivity index (χ1) is 12.7. The molecule has 8 nitrogen and oxygen atoms in total. The molecule has 0 saturated heterocycles. The number of amides is 1. The van der Waals surface area contributed by atoms with Gasteiger partial charge in [0.1, 0.15) is 0 Å². The summed E-state index contributed by atoms with van der Waals surface area (Å²) in [6.07, 6.45) is 1.80. The summed E-state index contributed by atoms with van der Waals surface area (Å²) in [4.78, 5) is 11.5. The molecule has 0 aromatic heterocycles. The molecule has 4 rings (SSSR count). The molecule has 1 heterocycles. The van der Waals surface area contributed by atoms with Gasteiger partial charge in [-0.2, -0.15) is 0 Å². The minimum atomic E-state index is -3.86. The lowest BCUT2D eigenvalue weighted by atomic mass is 10.2. The second-order valence-corrected chi connectivity index (χ2v) is 9.97. The maximum Gasteiger partial charge on any atom is 0.261 e. The fraction of sp³-hybridized carbons (Fsp3) is 0.235. The smallest absolute Gasteiger partial charge is 0.261 e. The number of fused-ring (bicyclic) bond motifs is 1. The van der Waals surface area contributed by atoms with Gasteiger partial charge in [-0.05, 0) is 60.9 Å². The molecule has 3 N–H and O–H groups in total. The van der Waals surface area contributed by atoms with Crippen LogP contribution in [0, 0.1) is 0 Å². The summed E-state index contributed by atoms with van der Waals surface area (Å²) in [7, 11) is -7.45. The molecule has 1 fully saturated rings. The van der Waals surface area contributed by atoms with Crippen molar-refractivity contribution in [2.24, 2.45) is 0 Å². The minimum Gasteiger partial charge on any atom is -0.326 e. The molecule has 0 radical (unpaired) electrons. The Kier molecular flexibility index (Phi) is 4.21. The van der Waals surface area contributed by atoms with Crippen molar-refractivity contribution in [1.82, 2.24) is 4.72 Å². The van der Waals surface area contributed by atoms with E-state index in [4.69, 9.17) is 0 Å². The summed E-state index contributed by atoms with van der Waals surface area (Å²) < 4.78 is 54.4. The molecule has 0 atom stereocenters. The third-order valence-corrected chi connectivity index (χ3v) is 7.24. The van der Waals surface area contributed by atoms with Crippen LogP contribution in [0.15, 0.2) is 52.3 Å². The lowest BCUT2D eigenvalue weighted by molar-refractivity contribution is -0.115. The summed E-state index contributed by atoms with van der Waals surface area (Å²) in [5, 5.41) is 2.65. The number of hydrogen-bond donors (Lipinski definition) is 3. The Morgan fingerprint density at radius 2 is 1.56 bits per heavy atom. The number of sulfonamides is 2. The van der Waals surface area contributed by atoms with E-state index in [9.17, 15) is 21.6 Å². The molecule has 0 unspecified atom stereocenters. The van der Waals surface area contributed by atoms with Crippen molar-refractivity contribution in [2.45, 2.75) is 35.1 Å². The second kappa shape index (κ2) is 6.32. The van der Waals surface area contributed by atoms with Gasteiger partial charge in [-0.1, -0.05) is 0 Å². The number of nitrogens with one attached hydrogen (secondary N) is 3. The summed E-state index contributed by atoms with van der Waals surface area (Å²) >= 11 is 0. The number of benzene rings is 2. The van der Waals surface area contributed by atoms with Crippen LogP contribution in [-0.2, 0) is 31.3 Å². The molecular formula is C17H17N3O5S2. The third kappa shape index (κ3) is 3.82. The largest absolute Gasteiger partial charge is 0.326 e. The van der Waals surface area contributed by atoms with Gasteiger partial charge < -0.3 is 5.32 Å². The van der Waals surface area contributed by atoms with Crippen LogP contribution in [0.25, 0.3) is 0 Å². The molecule has 0 spiro atoms. The maximum atomic E-state index is 12.6. The van der Waals surface area contributed by atoms with Gasteiger partial charge in [0.15, 0.2) is 0 Å². The summed E-state index contributed by atoms with van der Waals surface area (Å²) in [5.41, 5.74) is 1.47. The Bertz CT molecular complexity index is 1120. The first-order valence-corrected chi connectivity index (χ1v) is 11.3. The van der Waals surface area contributed by atoms with E-state index in [0.717, 1.165) is 12.8 Å². The van der Waals surface area contributed by atoms with Crippen LogP contribution >= 0.6 is 0 Å². The molecule has 1 saturated carbocycles. The molecule has 2 aromatic carbocycles. The second-order valence-electron chi connectivity index (χ2n) is 6.57. The van der Waals surface area contributed by atoms with Crippen LogP contribution in [0.5, 0.6) is 0 Å². The molecular weight excluding hydrogens is 390 g/mol. The zero-order valence-corrected chi connectivity index (χ0v) is 15.7. The molecule has 1 amide bonds. The normalized spacial score (nSPS) is 16.7. The highest BCUT2D eigenvalue weighted by molar-refractivity contribution is 7.92. The monoisotopic (exact) mass is 407 g/mol. The van der Waals surface area contributed by atoms with Crippen molar-refractivity contribution in [2.75, 3.05) is 10.0 Å². The summed E-state index contributed by atoms with van der Waals surface area (Å²) in [6, 6.07) is 9.92. The summed E-state index contributed by atoms with van der Waals surface area (Å²) in [5.74, 6) is -0.177. The van der Waals surface area contributed by atoms with Crippen molar-refractivity contribution in [3.8, 4) is 0 Å². The first-order valence-electron chi connectivity index (χ1n) is 8.31. The number of rotatable bonds is 6. The van der Waals surface area contributed by atoms with Crippen molar-refractivity contribution in [3.05, 3.63) is 48.0 Å². The fourth-order valence-corrected chi connectivity index (χ4v) is 5.19. The van der Waals surface area contributed by atoms with Gasteiger partial charge in [-0.3, -0.25) is 9.52 Å². The average molecular weight is 407 g/mol. The minimum absolute atomic E-state index is 0.00522. The van der Waals surface area contributed by atoms with Crippen LogP contribution < -0.4 is 14.8 Å². The number of hydrogen-bond acceptors (Lipinski definition) is 5. The lowest BCUT2D eigenvalue weighted by Gasteiger charge is -2.10. The molecule has 1 aliphatic carbocycles. The van der Waals surface area contributed by atoms with E-state index in [1.54, 1.807) is 6.07 Å². The van der Waals surface area contributed by atoms with Gasteiger partial charge in [0.2, 0.25) is 15.9 Å². The molecule has 2 aliphatic rings. The van der Waals surface area contributed by atoms with Gasteiger partial charge >= 0.3 is 0 Å². The van der Waals surface area contributed by atoms with Gasteiger partial charge in [0, 0.05) is 17.4 Å². The van der Waals surface area contributed by atoms with Gasteiger partial charge in [-0.25, -0.2) is 21.6 Å². The molecule has 142 valence electrons. The molecule has 10 heteroatoms. The summed E-state index contributed by atoms with van der Waals surface area (Å²) in [6.45, 7) is 0. The zero-order valence-electron chi connectivity index (χ0n) is 14.1. The Balaban J connectivity index is 1.53. The van der Waals surface area contributed by atoms with Crippen LogP contribution in [0.2, 0.25) is 0 Å². The van der Waals surface area contributed by atoms with Gasteiger partial charge in [0.25, 0.3) is 10.0 Å². The van der Waals surface area contributed by atoms with Gasteiger partial charge in [-0.15, -0.1) is 0 Å². The Hall–Kier alpha value is -2.43. The quantitative estimate of drug-likeness (QED) is 0.669. The van der Waals surface area contributed by atoms with E-state index in [1.807, 2.05) is 0 Å². The highest BCUT2D eigenvalue weighted by Crippen LogP contribution is 2.27. The Morgan fingerprint density at radius 3 is 2.22 bits per heavy atom. The van der Waals surface area contributed by atoms with Crippen molar-refractivity contribution >= 4 is 37.3 Å². The SMILES string of the molecule is O=C1Cc2cc(S(=O)(=O)Nc3ccc(S(=O)(=O)NC4CC4)cc3)ccc2N1. The predicted molar refractivity (Wildman–Crippen MR) is 99.4 cm³/mol. The molecule has 27 heavy (non-hydrogen) atoms. The van der Waals surface area contributed by atoms with E-state index in [-0.39, 0.29) is 33.8 Å². The first kappa shape index (κ1) is 18.0.